The molecule has 2 aliphatic rings. The van der Waals surface area contributed by atoms with Gasteiger partial charge in [0.25, 0.3) is 0 Å². The predicted octanol–water partition coefficient (Wildman–Crippen LogP) is -0.524. The normalized spacial score (nSPS) is 22.2. The minimum atomic E-state index is -1.55. The average Bonchev–Trinajstić information content (AvgIpc) is 4.02. The molecule has 1 aromatic heterocycles. The van der Waals surface area contributed by atoms with E-state index in [1.807, 2.05) is 24.3 Å². The van der Waals surface area contributed by atoms with Gasteiger partial charge in [-0.25, -0.2) is 4.39 Å². The first kappa shape index (κ1) is 58.0. The number of hydrogen-bond acceptors (Lipinski definition) is 11. The van der Waals surface area contributed by atoms with Crippen LogP contribution in [0.3, 0.4) is 0 Å². The number of H-pyrrole nitrogens is 1. The van der Waals surface area contributed by atoms with Crippen LogP contribution in [0, 0.1) is 17.7 Å². The number of halogens is 1. The summed E-state index contributed by atoms with van der Waals surface area (Å²) in [5, 5.41) is 14.3. The van der Waals surface area contributed by atoms with E-state index in [0.29, 0.717) is 12.0 Å². The number of primary amides is 1. The highest BCUT2D eigenvalue weighted by molar-refractivity contribution is 5.99. The van der Waals surface area contributed by atoms with Crippen molar-refractivity contribution in [3.8, 4) is 0 Å². The molecule has 23 nitrogen and oxygen atoms in total. The second-order valence-corrected chi connectivity index (χ2v) is 19.1. The molecule has 75 heavy (non-hydrogen) atoms. The van der Waals surface area contributed by atoms with Gasteiger partial charge >= 0.3 is 0 Å². The Balaban J connectivity index is 1.52. The van der Waals surface area contributed by atoms with E-state index in [1.165, 1.54) is 36.1 Å². The first-order valence-electron chi connectivity index (χ1n) is 25.3. The molecule has 0 aliphatic carbocycles. The molecule has 3 heterocycles. The molecule has 0 saturated carbocycles. The number of amides is 7. The van der Waals surface area contributed by atoms with Gasteiger partial charge < -0.3 is 65.1 Å². The van der Waals surface area contributed by atoms with Crippen LogP contribution in [0.5, 0.6) is 0 Å². The van der Waals surface area contributed by atoms with Crippen LogP contribution >= 0.6 is 0 Å². The number of nitrogens with one attached hydrogen (secondary N) is 6. The molecule has 0 radical (unpaired) electrons. The van der Waals surface area contributed by atoms with Gasteiger partial charge in [-0.1, -0.05) is 30.3 Å². The highest BCUT2D eigenvalue weighted by Gasteiger charge is 2.41. The molecule has 0 unspecified atom stereocenters. The summed E-state index contributed by atoms with van der Waals surface area (Å²) in [6.07, 6.45) is 2.02. The zero-order valence-corrected chi connectivity index (χ0v) is 42.2. The summed E-state index contributed by atoms with van der Waals surface area (Å²) in [5.41, 5.74) is 29.9. The van der Waals surface area contributed by atoms with Crippen molar-refractivity contribution >= 4 is 75.7 Å². The second-order valence-electron chi connectivity index (χ2n) is 19.1. The molecule has 2 aromatic carbocycles. The predicted molar refractivity (Wildman–Crippen MR) is 277 cm³/mol. The fourth-order valence-corrected chi connectivity index (χ4v) is 9.44. The number of para-hydroxylation sites is 1. The van der Waals surface area contributed by atoms with E-state index in [-0.39, 0.29) is 109 Å². The van der Waals surface area contributed by atoms with Crippen LogP contribution in [-0.2, 0) is 56.0 Å². The van der Waals surface area contributed by atoms with E-state index in [1.54, 1.807) is 6.20 Å². The Bertz CT molecular complexity index is 2580. The smallest absolute Gasteiger partial charge is 0.246 e. The minimum absolute atomic E-state index is 0.0367. The number of fused-ring (bicyclic) bond motifs is 2. The summed E-state index contributed by atoms with van der Waals surface area (Å²) in [6, 6.07) is 6.28. The Morgan fingerprint density at radius 3 is 2.17 bits per heavy atom. The van der Waals surface area contributed by atoms with E-state index in [2.05, 4.69) is 41.6 Å². The third kappa shape index (κ3) is 18.2. The lowest BCUT2D eigenvalue weighted by atomic mass is 9.83. The number of Topliss-reactive ketones (excluding diaryl/α,β-unsaturated/α-hetero) is 2. The van der Waals surface area contributed by atoms with Crippen LogP contribution in [0.2, 0.25) is 0 Å². The van der Waals surface area contributed by atoms with Crippen molar-refractivity contribution in [1.29, 1.82) is 0 Å². The Kier molecular flexibility index (Phi) is 22.0. The molecule has 16 N–H and O–H groups in total. The molecule has 24 heteroatoms. The van der Waals surface area contributed by atoms with Gasteiger partial charge in [0.1, 0.15) is 35.8 Å². The number of aromatic nitrogens is 1. The standard InChI is InChI=1S/C51H71FN14O9/c1-29(67)62-38(13-7-21-60-51(56)57)47(73)65-40-27-44(70)58-19-5-4-12-37(45(53)71)63-46(72)32(24-33-28-61-36-11-3-2-10-35(33)36)26-42(68)31(9-6-20-59-50(54)55)25-43(69)39(23-30-15-17-34(52)18-16-30)64-48(74)41-14-8-22-66(41)49(40)75/h2-3,10-11,15-18,28,31-32,37-41,61H,4-9,12-14,19-27H2,1H3,(H2,53,71)(H,58,70)(H,62,67)(H,63,72)(H,64,74)(H,65,73)(H4,54,55,59)(H4,56,57,60)/t31-,32-,37+,38+,39-,40+,41+/m1/s1. The summed E-state index contributed by atoms with van der Waals surface area (Å²) in [7, 11) is 0. The van der Waals surface area contributed by atoms with Crippen LogP contribution in [0.25, 0.3) is 10.9 Å². The molecule has 2 aliphatic heterocycles. The first-order valence-corrected chi connectivity index (χ1v) is 25.3. The van der Waals surface area contributed by atoms with Crippen molar-refractivity contribution in [1.82, 2.24) is 36.5 Å². The van der Waals surface area contributed by atoms with Crippen molar-refractivity contribution in [2.75, 3.05) is 26.2 Å². The van der Waals surface area contributed by atoms with Crippen LogP contribution in [-0.4, -0.2) is 131 Å². The van der Waals surface area contributed by atoms with Gasteiger partial charge in [-0.2, -0.15) is 0 Å². The molecule has 7 amide bonds. The fourth-order valence-electron chi connectivity index (χ4n) is 9.44. The van der Waals surface area contributed by atoms with Gasteiger partial charge in [-0.3, -0.25) is 53.1 Å². The van der Waals surface area contributed by atoms with Gasteiger partial charge in [0.15, 0.2) is 17.7 Å². The minimum Gasteiger partial charge on any atom is -0.370 e. The topological polar surface area (TPSA) is 388 Å². The number of carbonyl (C=O) groups is 9. The lowest BCUT2D eigenvalue weighted by molar-refractivity contribution is -0.143. The number of aromatic amines is 1. The Morgan fingerprint density at radius 2 is 1.48 bits per heavy atom. The molecule has 0 spiro atoms. The number of benzene rings is 2. The number of hydrogen-bond donors (Lipinski definition) is 11. The zero-order valence-electron chi connectivity index (χ0n) is 42.2. The van der Waals surface area contributed by atoms with Crippen molar-refractivity contribution in [3.63, 3.8) is 0 Å². The van der Waals surface area contributed by atoms with Crippen LogP contribution < -0.4 is 55.3 Å². The van der Waals surface area contributed by atoms with Crippen LogP contribution in [0.15, 0.2) is 64.7 Å². The van der Waals surface area contributed by atoms with E-state index < -0.39 is 114 Å². The van der Waals surface area contributed by atoms with Gasteiger partial charge in [0, 0.05) is 74.9 Å². The van der Waals surface area contributed by atoms with E-state index in [4.69, 9.17) is 28.7 Å². The summed E-state index contributed by atoms with van der Waals surface area (Å²) in [6.45, 7) is 1.53. The molecule has 0 bridgehead atoms. The van der Waals surface area contributed by atoms with Crippen LogP contribution in [0.1, 0.15) is 95.1 Å². The largest absolute Gasteiger partial charge is 0.370 e. The highest BCUT2D eigenvalue weighted by Crippen LogP contribution is 2.27. The monoisotopic (exact) mass is 1040 g/mol. The molecule has 2 fully saturated rings. The molecular formula is C51H71FN14O9. The number of aliphatic imine (C=N–C) groups is 2. The maximum Gasteiger partial charge on any atom is 0.246 e. The number of guanidine groups is 2. The summed E-state index contributed by atoms with van der Waals surface area (Å²) in [5.74, 6) is -9.02. The third-order valence-electron chi connectivity index (χ3n) is 13.3. The molecule has 5 rings (SSSR count). The first-order chi connectivity index (χ1) is 35.8. The molecule has 7 atom stereocenters. The van der Waals surface area contributed by atoms with Crippen molar-refractivity contribution < 1.29 is 47.5 Å². The number of rotatable bonds is 16. The van der Waals surface area contributed by atoms with E-state index in [0.717, 1.165) is 16.5 Å². The highest BCUT2D eigenvalue weighted by atomic mass is 19.1. The Labute approximate surface area is 433 Å². The molecule has 3 aromatic rings. The van der Waals surface area contributed by atoms with Gasteiger partial charge in [-0.15, -0.1) is 0 Å². The number of carbonyl (C=O) groups excluding carboxylic acids is 9. The summed E-state index contributed by atoms with van der Waals surface area (Å²) < 4.78 is 14.2. The summed E-state index contributed by atoms with van der Waals surface area (Å²) >= 11 is 0. The molecular weight excluding hydrogens is 972 g/mol. The second kappa shape index (κ2) is 28.5. The number of nitrogens with two attached hydrogens (primary N) is 5. The maximum atomic E-state index is 14.7. The maximum absolute atomic E-state index is 14.7. The lowest BCUT2D eigenvalue weighted by Crippen LogP contribution is -2.58. The lowest BCUT2D eigenvalue weighted by Gasteiger charge is -2.30. The Morgan fingerprint density at radius 1 is 0.787 bits per heavy atom. The average molecular weight is 1040 g/mol. The number of nitrogens with zero attached hydrogens (tertiary/aromatic N) is 3. The van der Waals surface area contributed by atoms with Crippen molar-refractivity contribution in [2.24, 2.45) is 50.5 Å². The van der Waals surface area contributed by atoms with Crippen LogP contribution in [0.4, 0.5) is 4.39 Å². The number of ketones is 2. The molecule has 406 valence electrons. The van der Waals surface area contributed by atoms with Gasteiger partial charge in [-0.05, 0) is 100.0 Å². The molecule has 2 saturated heterocycles. The van der Waals surface area contributed by atoms with Gasteiger partial charge in [0.05, 0.1) is 12.5 Å². The van der Waals surface area contributed by atoms with Gasteiger partial charge in [0.2, 0.25) is 41.4 Å². The Hall–Kier alpha value is -7.92. The summed E-state index contributed by atoms with van der Waals surface area (Å²) in [4.78, 5) is 138. The van der Waals surface area contributed by atoms with Crippen molar-refractivity contribution in [3.05, 3.63) is 71.7 Å². The zero-order chi connectivity index (χ0) is 54.6. The third-order valence-corrected chi connectivity index (χ3v) is 13.3. The van der Waals surface area contributed by atoms with Crippen molar-refractivity contribution in [2.45, 2.75) is 127 Å². The van der Waals surface area contributed by atoms with E-state index >= 15 is 0 Å². The fraction of sp³-hybridized carbons (Fsp3) is 0.510. The SMILES string of the molecule is CC(=O)N[C@@H](CCCN=C(N)N)C(=O)N[C@H]1CC(=O)NCCCC[C@@H](C(N)=O)NC(=O)[C@H](Cc2c[nH]c3ccccc23)CC(=O)[C@H](CCCN=C(N)N)CC(=O)[C@@H](Cc2ccc(F)cc2)NC(=O)[C@@H]2CCCN2C1=O. The quantitative estimate of drug-likeness (QED) is 0.0489. The van der Waals surface area contributed by atoms with E-state index in [9.17, 15) is 47.5 Å².